The second kappa shape index (κ2) is 6.63. The second-order valence-electron chi connectivity index (χ2n) is 5.48. The van der Waals surface area contributed by atoms with Gasteiger partial charge in [0.2, 0.25) is 0 Å². The summed E-state index contributed by atoms with van der Waals surface area (Å²) in [5.74, 6) is -0.398. The smallest absolute Gasteiger partial charge is 0.262 e. The number of fused-ring (bicyclic) bond motifs is 1. The van der Waals surface area contributed by atoms with Gasteiger partial charge in [0.25, 0.3) is 5.91 Å². The number of nitrogens with zero attached hydrogens (tertiary/aromatic N) is 2. The van der Waals surface area contributed by atoms with E-state index in [0.717, 1.165) is 5.56 Å². The SMILES string of the molecule is O=C(CCl)N=C1S[C@@H]2CS(=O)(=O)C[C@H]2N1Cc1ccc(Cl)cc1. The van der Waals surface area contributed by atoms with Gasteiger partial charge in [-0.2, -0.15) is 4.99 Å². The van der Waals surface area contributed by atoms with Gasteiger partial charge in [-0.15, -0.1) is 11.6 Å². The highest BCUT2D eigenvalue weighted by atomic mass is 35.5. The van der Waals surface area contributed by atoms with E-state index in [2.05, 4.69) is 4.99 Å². The zero-order chi connectivity index (χ0) is 16.6. The van der Waals surface area contributed by atoms with E-state index in [1.165, 1.54) is 11.8 Å². The number of rotatable bonds is 3. The molecule has 1 amide bonds. The maximum Gasteiger partial charge on any atom is 0.262 e. The molecule has 1 aromatic carbocycles. The minimum Gasteiger partial charge on any atom is -0.342 e. The molecular formula is C14H14Cl2N2O3S2. The Bertz CT molecular complexity index is 750. The van der Waals surface area contributed by atoms with Gasteiger partial charge in [0.1, 0.15) is 5.88 Å². The molecule has 5 nitrogen and oxygen atoms in total. The molecule has 0 bridgehead atoms. The first-order valence-corrected chi connectivity index (χ1v) is 10.5. The highest BCUT2D eigenvalue weighted by Gasteiger charge is 2.48. The Morgan fingerprint density at radius 3 is 2.65 bits per heavy atom. The molecule has 9 heteroatoms. The van der Waals surface area contributed by atoms with Gasteiger partial charge in [0.05, 0.1) is 17.5 Å². The molecule has 3 rings (SSSR count). The summed E-state index contributed by atoms with van der Waals surface area (Å²) >= 11 is 12.8. The summed E-state index contributed by atoms with van der Waals surface area (Å²) in [7, 11) is -3.04. The minimum absolute atomic E-state index is 0.0887. The number of amidine groups is 1. The van der Waals surface area contributed by atoms with Gasteiger partial charge >= 0.3 is 0 Å². The molecule has 0 aliphatic carbocycles. The molecule has 0 unspecified atom stereocenters. The lowest BCUT2D eigenvalue weighted by Crippen LogP contribution is -2.37. The zero-order valence-corrected chi connectivity index (χ0v) is 15.1. The number of hydrogen-bond acceptors (Lipinski definition) is 4. The number of thioether (sulfide) groups is 1. The number of benzene rings is 1. The average Bonchev–Trinajstić information content (AvgIpc) is 2.94. The number of hydrogen-bond donors (Lipinski definition) is 0. The van der Waals surface area contributed by atoms with Crippen LogP contribution in [0.2, 0.25) is 5.02 Å². The summed E-state index contributed by atoms with van der Waals surface area (Å²) in [6.45, 7) is 0.481. The van der Waals surface area contributed by atoms with Crippen molar-refractivity contribution in [1.29, 1.82) is 0 Å². The third-order valence-corrected chi connectivity index (χ3v) is 7.50. The minimum atomic E-state index is -3.04. The van der Waals surface area contributed by atoms with Crippen LogP contribution in [0.15, 0.2) is 29.3 Å². The van der Waals surface area contributed by atoms with Crippen LogP contribution >= 0.6 is 35.0 Å². The molecule has 0 saturated carbocycles. The maximum absolute atomic E-state index is 11.9. The molecule has 2 aliphatic rings. The van der Waals surface area contributed by atoms with E-state index < -0.39 is 15.7 Å². The first-order valence-electron chi connectivity index (χ1n) is 6.93. The van der Waals surface area contributed by atoms with E-state index >= 15 is 0 Å². The normalized spacial score (nSPS) is 27.4. The molecule has 2 heterocycles. The van der Waals surface area contributed by atoms with Crippen molar-refractivity contribution in [2.45, 2.75) is 17.8 Å². The van der Waals surface area contributed by atoms with Gasteiger partial charge < -0.3 is 4.90 Å². The molecule has 0 radical (unpaired) electrons. The van der Waals surface area contributed by atoms with Crippen molar-refractivity contribution in [3.63, 3.8) is 0 Å². The number of aliphatic imine (C=N–C) groups is 1. The molecular weight excluding hydrogens is 379 g/mol. The van der Waals surface area contributed by atoms with Crippen LogP contribution in [-0.2, 0) is 21.2 Å². The number of amides is 1. The zero-order valence-electron chi connectivity index (χ0n) is 12.0. The first-order chi connectivity index (χ1) is 10.9. The number of carbonyl (C=O) groups is 1. The third kappa shape index (κ3) is 3.84. The molecule has 2 aliphatic heterocycles. The number of carbonyl (C=O) groups excluding carboxylic acids is 1. The monoisotopic (exact) mass is 392 g/mol. The van der Waals surface area contributed by atoms with Crippen molar-refractivity contribution < 1.29 is 13.2 Å². The largest absolute Gasteiger partial charge is 0.342 e. The summed E-state index contributed by atoms with van der Waals surface area (Å²) in [5, 5.41) is 1.10. The third-order valence-electron chi connectivity index (χ3n) is 3.78. The number of alkyl halides is 1. The van der Waals surface area contributed by atoms with Crippen LogP contribution in [0.3, 0.4) is 0 Å². The van der Waals surface area contributed by atoms with Crippen molar-refractivity contribution >= 4 is 55.9 Å². The molecule has 0 aromatic heterocycles. The molecule has 0 N–H and O–H groups in total. The van der Waals surface area contributed by atoms with E-state index in [0.29, 0.717) is 16.7 Å². The van der Waals surface area contributed by atoms with Gasteiger partial charge in [-0.25, -0.2) is 8.42 Å². The van der Waals surface area contributed by atoms with E-state index in [-0.39, 0.29) is 28.7 Å². The molecule has 2 fully saturated rings. The lowest BCUT2D eigenvalue weighted by Gasteiger charge is -2.24. The molecule has 0 spiro atoms. The van der Waals surface area contributed by atoms with Crippen LogP contribution < -0.4 is 0 Å². The van der Waals surface area contributed by atoms with Crippen LogP contribution in [0.5, 0.6) is 0 Å². The summed E-state index contributed by atoms with van der Waals surface area (Å²) < 4.78 is 23.8. The Morgan fingerprint density at radius 2 is 2.00 bits per heavy atom. The number of halogens is 2. The van der Waals surface area contributed by atoms with E-state index in [1.807, 2.05) is 17.0 Å². The van der Waals surface area contributed by atoms with Gasteiger partial charge in [0, 0.05) is 16.8 Å². The fourth-order valence-corrected chi connectivity index (χ4v) is 6.90. The summed E-state index contributed by atoms with van der Waals surface area (Å²) in [6.07, 6.45) is 0. The predicted octanol–water partition coefficient (Wildman–Crippen LogP) is 2.18. The second-order valence-corrected chi connectivity index (χ2v) is 9.54. The van der Waals surface area contributed by atoms with Crippen molar-refractivity contribution in [1.82, 2.24) is 4.90 Å². The van der Waals surface area contributed by atoms with E-state index in [9.17, 15) is 13.2 Å². The summed E-state index contributed by atoms with van der Waals surface area (Å²) in [4.78, 5) is 17.5. The van der Waals surface area contributed by atoms with Crippen molar-refractivity contribution in [2.75, 3.05) is 17.4 Å². The standard InChI is InChI=1S/C14H14Cl2N2O3S2/c15-5-13(19)17-14-18(6-9-1-3-10(16)4-2-9)11-7-23(20,21)8-12(11)22-14/h1-4,11-12H,5-8H2/t11-,12-/m1/s1. The van der Waals surface area contributed by atoms with Crippen LogP contribution in [0, 0.1) is 0 Å². The van der Waals surface area contributed by atoms with E-state index in [4.69, 9.17) is 23.2 Å². The average molecular weight is 393 g/mol. The molecule has 1 aromatic rings. The predicted molar refractivity (Wildman–Crippen MR) is 94.0 cm³/mol. The van der Waals surface area contributed by atoms with Gasteiger partial charge in [0.15, 0.2) is 15.0 Å². The Hall–Kier alpha value is -0.760. The van der Waals surface area contributed by atoms with Crippen molar-refractivity contribution in [3.05, 3.63) is 34.9 Å². The summed E-state index contributed by atoms with van der Waals surface area (Å²) in [6, 6.07) is 7.16. The van der Waals surface area contributed by atoms with Gasteiger partial charge in [-0.05, 0) is 17.7 Å². The highest BCUT2D eigenvalue weighted by Crippen LogP contribution is 2.39. The fourth-order valence-electron chi connectivity index (χ4n) is 2.74. The van der Waals surface area contributed by atoms with Crippen LogP contribution in [0.1, 0.15) is 5.56 Å². The Morgan fingerprint density at radius 1 is 1.30 bits per heavy atom. The van der Waals surface area contributed by atoms with Crippen LogP contribution in [0.25, 0.3) is 0 Å². The maximum atomic E-state index is 11.9. The molecule has 23 heavy (non-hydrogen) atoms. The quantitative estimate of drug-likeness (QED) is 0.737. The van der Waals surface area contributed by atoms with Crippen molar-refractivity contribution in [3.8, 4) is 0 Å². The molecule has 124 valence electrons. The van der Waals surface area contributed by atoms with Crippen LogP contribution in [-0.4, -0.2) is 53.1 Å². The van der Waals surface area contributed by atoms with Gasteiger partial charge in [-0.3, -0.25) is 4.79 Å². The first kappa shape index (κ1) is 17.1. The Kier molecular flexibility index (Phi) is 4.92. The lowest BCUT2D eigenvalue weighted by molar-refractivity contribution is -0.115. The molecule has 2 saturated heterocycles. The van der Waals surface area contributed by atoms with Crippen molar-refractivity contribution in [2.24, 2.45) is 4.99 Å². The summed E-state index contributed by atoms with van der Waals surface area (Å²) in [5.41, 5.74) is 0.978. The van der Waals surface area contributed by atoms with Gasteiger partial charge in [-0.1, -0.05) is 35.5 Å². The Balaban J connectivity index is 1.88. The van der Waals surface area contributed by atoms with E-state index in [1.54, 1.807) is 12.1 Å². The molecule has 2 atom stereocenters. The fraction of sp³-hybridized carbons (Fsp3) is 0.429. The number of sulfone groups is 1. The van der Waals surface area contributed by atoms with Crippen LogP contribution in [0.4, 0.5) is 0 Å². The topological polar surface area (TPSA) is 66.8 Å². The lowest BCUT2D eigenvalue weighted by atomic mass is 10.1. The Labute approximate surface area is 149 Å². The highest BCUT2D eigenvalue weighted by molar-refractivity contribution is 8.15.